The molecule has 0 unspecified atom stereocenters. The number of hydrogen-bond acceptors (Lipinski definition) is 6. The summed E-state index contributed by atoms with van der Waals surface area (Å²) >= 11 is 0. The second-order valence-electron chi connectivity index (χ2n) is 6.76. The van der Waals surface area contributed by atoms with Crippen molar-refractivity contribution in [2.75, 3.05) is 13.3 Å². The molecule has 4 rings (SSSR count). The van der Waals surface area contributed by atoms with E-state index in [0.717, 1.165) is 43.7 Å². The molecule has 1 N–H and O–H groups in total. The second-order valence-corrected chi connectivity index (χ2v) is 6.76. The van der Waals surface area contributed by atoms with E-state index >= 15 is 0 Å². The minimum atomic E-state index is -0.443. The van der Waals surface area contributed by atoms with Gasteiger partial charge in [-0.05, 0) is 48.4 Å². The van der Waals surface area contributed by atoms with Gasteiger partial charge in [-0.3, -0.25) is 0 Å². The molecule has 0 spiro atoms. The zero-order valence-corrected chi connectivity index (χ0v) is 14.5. The highest BCUT2D eigenvalue weighted by atomic mass is 16.7. The Kier molecular flexibility index (Phi) is 4.75. The van der Waals surface area contributed by atoms with Gasteiger partial charge in [0.15, 0.2) is 11.5 Å². The van der Waals surface area contributed by atoms with E-state index in [4.69, 9.17) is 9.47 Å². The van der Waals surface area contributed by atoms with Crippen molar-refractivity contribution < 1.29 is 14.4 Å². The first-order chi connectivity index (χ1) is 12.7. The van der Waals surface area contributed by atoms with Gasteiger partial charge in [-0.25, -0.2) is 0 Å². The fourth-order valence-corrected chi connectivity index (χ4v) is 3.77. The summed E-state index contributed by atoms with van der Waals surface area (Å²) in [7, 11) is 0. The van der Waals surface area contributed by atoms with E-state index in [1.54, 1.807) is 10.9 Å². The molecule has 1 fully saturated rings. The highest BCUT2D eigenvalue weighted by Gasteiger charge is 2.29. The predicted molar refractivity (Wildman–Crippen MR) is 94.4 cm³/mol. The predicted octanol–water partition coefficient (Wildman–Crippen LogP) is 2.84. The van der Waals surface area contributed by atoms with Gasteiger partial charge in [0.1, 0.15) is 0 Å². The number of nitro groups is 1. The van der Waals surface area contributed by atoms with Crippen molar-refractivity contribution in [1.29, 1.82) is 0 Å². The molecular formula is C18H22N4O4. The fourth-order valence-electron chi connectivity index (χ4n) is 3.77. The molecule has 1 aliphatic carbocycles. The van der Waals surface area contributed by atoms with Gasteiger partial charge in [-0.2, -0.15) is 4.68 Å². The Morgan fingerprint density at radius 2 is 2.08 bits per heavy atom. The van der Waals surface area contributed by atoms with Crippen LogP contribution >= 0.6 is 0 Å². The van der Waals surface area contributed by atoms with Crippen LogP contribution in [0.15, 0.2) is 30.5 Å². The Balaban J connectivity index is 1.37. The van der Waals surface area contributed by atoms with Gasteiger partial charge in [-0.15, -0.1) is 0 Å². The molecule has 2 aromatic rings. The smallest absolute Gasteiger partial charge is 0.389 e. The van der Waals surface area contributed by atoms with Gasteiger partial charge in [0.2, 0.25) is 6.79 Å². The van der Waals surface area contributed by atoms with Crippen LogP contribution < -0.4 is 14.8 Å². The maximum atomic E-state index is 10.9. The van der Waals surface area contributed by atoms with Gasteiger partial charge >= 0.3 is 5.82 Å². The van der Waals surface area contributed by atoms with E-state index in [1.165, 1.54) is 18.1 Å². The van der Waals surface area contributed by atoms with Crippen molar-refractivity contribution in [2.45, 2.75) is 44.2 Å². The number of rotatable bonds is 6. The quantitative estimate of drug-likeness (QED) is 0.631. The van der Waals surface area contributed by atoms with Crippen LogP contribution in [0.3, 0.4) is 0 Å². The molecule has 26 heavy (non-hydrogen) atoms. The van der Waals surface area contributed by atoms with Crippen LogP contribution in [-0.2, 0) is 6.42 Å². The molecule has 8 nitrogen and oxygen atoms in total. The minimum Gasteiger partial charge on any atom is -0.454 e. The molecule has 2 aliphatic rings. The van der Waals surface area contributed by atoms with Gasteiger partial charge in [-0.1, -0.05) is 18.9 Å². The van der Waals surface area contributed by atoms with Gasteiger partial charge < -0.3 is 24.9 Å². The molecule has 1 aromatic carbocycles. The number of fused-ring (bicyclic) bond motifs is 1. The van der Waals surface area contributed by atoms with Gasteiger partial charge in [0, 0.05) is 6.04 Å². The van der Waals surface area contributed by atoms with Crippen LogP contribution in [0.5, 0.6) is 11.5 Å². The molecule has 1 aromatic heterocycles. The Morgan fingerprint density at radius 1 is 1.23 bits per heavy atom. The van der Waals surface area contributed by atoms with E-state index in [1.807, 2.05) is 12.1 Å². The first-order valence-electron chi connectivity index (χ1n) is 9.02. The van der Waals surface area contributed by atoms with Crippen molar-refractivity contribution in [3.8, 4) is 11.5 Å². The number of nitrogens with zero attached hydrogens (tertiary/aromatic N) is 3. The largest absolute Gasteiger partial charge is 0.454 e. The van der Waals surface area contributed by atoms with Crippen LogP contribution in [-0.4, -0.2) is 34.1 Å². The van der Waals surface area contributed by atoms with Crippen molar-refractivity contribution in [2.24, 2.45) is 0 Å². The molecule has 1 saturated carbocycles. The van der Waals surface area contributed by atoms with E-state index in [2.05, 4.69) is 16.5 Å². The Labute approximate surface area is 151 Å². The summed E-state index contributed by atoms with van der Waals surface area (Å²) in [6, 6.07) is 7.94. The first kappa shape index (κ1) is 16.8. The second kappa shape index (κ2) is 7.33. The molecule has 0 saturated heterocycles. The lowest BCUT2D eigenvalue weighted by molar-refractivity contribution is -0.389. The van der Waals surface area contributed by atoms with Crippen LogP contribution in [0, 0.1) is 10.1 Å². The summed E-state index contributed by atoms with van der Waals surface area (Å²) in [4.78, 5) is 10.4. The Hall–Kier alpha value is -2.61. The van der Waals surface area contributed by atoms with Crippen molar-refractivity contribution in [3.63, 3.8) is 0 Å². The summed E-state index contributed by atoms with van der Waals surface area (Å²) in [5.41, 5.74) is 1.20. The van der Waals surface area contributed by atoms with Crippen LogP contribution in [0.2, 0.25) is 0 Å². The highest BCUT2D eigenvalue weighted by molar-refractivity contribution is 5.44. The number of nitrogens with one attached hydrogen (secondary N) is 1. The number of benzene rings is 1. The molecule has 138 valence electrons. The van der Waals surface area contributed by atoms with E-state index in [9.17, 15) is 10.1 Å². The summed E-state index contributed by atoms with van der Waals surface area (Å²) in [6.45, 7) is 1.13. The van der Waals surface area contributed by atoms with Gasteiger partial charge in [0.05, 0.1) is 23.4 Å². The summed E-state index contributed by atoms with van der Waals surface area (Å²) < 4.78 is 12.5. The lowest BCUT2D eigenvalue weighted by Crippen LogP contribution is -2.41. The summed E-state index contributed by atoms with van der Waals surface area (Å²) in [6.07, 6.45) is 6.94. The first-order valence-corrected chi connectivity index (χ1v) is 9.02. The lowest BCUT2D eigenvalue weighted by atomic mass is 9.90. The van der Waals surface area contributed by atoms with E-state index in [-0.39, 0.29) is 24.7 Å². The maximum Gasteiger partial charge on any atom is 0.389 e. The monoisotopic (exact) mass is 358 g/mol. The molecule has 2 atom stereocenters. The molecule has 0 amide bonds. The molecule has 2 heterocycles. The topological polar surface area (TPSA) is 91.5 Å². The zero-order chi connectivity index (χ0) is 17.9. The maximum absolute atomic E-state index is 10.9. The van der Waals surface area contributed by atoms with E-state index < -0.39 is 4.92 Å². The van der Waals surface area contributed by atoms with Crippen molar-refractivity contribution >= 4 is 5.82 Å². The molecule has 8 heteroatoms. The summed E-state index contributed by atoms with van der Waals surface area (Å²) in [5.74, 6) is 1.52. The van der Waals surface area contributed by atoms with Crippen LogP contribution in [0.25, 0.3) is 0 Å². The Morgan fingerprint density at radius 3 is 2.92 bits per heavy atom. The number of ether oxygens (including phenoxy) is 2. The SMILES string of the molecule is O=[N+]([O-])c1ccn([C@H]2CCCC[C@H]2NCCc2ccc3c(c2)OCO3)n1. The third-order valence-corrected chi connectivity index (χ3v) is 5.11. The zero-order valence-electron chi connectivity index (χ0n) is 14.5. The number of hydrogen-bond donors (Lipinski definition) is 1. The van der Waals surface area contributed by atoms with Crippen molar-refractivity contribution in [1.82, 2.24) is 15.1 Å². The average molecular weight is 358 g/mol. The standard InChI is InChI=1S/C18H22N4O4/c23-22(24)18-8-10-21(20-18)15-4-2-1-3-14(15)19-9-7-13-5-6-16-17(11-13)26-12-25-16/h5-6,8,10-11,14-15,19H,1-4,7,9,12H2/t14-,15+/m1/s1. The minimum absolute atomic E-state index is 0.0883. The fraction of sp³-hybridized carbons (Fsp3) is 0.500. The molecular weight excluding hydrogens is 336 g/mol. The number of aromatic nitrogens is 2. The Bertz CT molecular complexity index is 791. The third-order valence-electron chi connectivity index (χ3n) is 5.11. The molecule has 0 bridgehead atoms. The van der Waals surface area contributed by atoms with E-state index in [0.29, 0.717) is 0 Å². The highest BCUT2D eigenvalue weighted by Crippen LogP contribution is 2.33. The average Bonchev–Trinajstić information content (AvgIpc) is 3.31. The molecule has 0 radical (unpaired) electrons. The van der Waals surface area contributed by atoms with Crippen LogP contribution in [0.1, 0.15) is 37.3 Å². The van der Waals surface area contributed by atoms with Crippen molar-refractivity contribution in [3.05, 3.63) is 46.1 Å². The summed E-state index contributed by atoms with van der Waals surface area (Å²) in [5, 5.41) is 18.6. The van der Waals surface area contributed by atoms with Crippen LogP contribution in [0.4, 0.5) is 5.82 Å². The lowest BCUT2D eigenvalue weighted by Gasteiger charge is -2.30. The van der Waals surface area contributed by atoms with Gasteiger partial charge in [0.25, 0.3) is 0 Å². The third kappa shape index (κ3) is 3.50. The normalized spacial score (nSPS) is 21.7. The molecule has 1 aliphatic heterocycles.